The van der Waals surface area contributed by atoms with E-state index in [4.69, 9.17) is 4.74 Å². The molecule has 0 radical (unpaired) electrons. The van der Waals surface area contributed by atoms with E-state index >= 15 is 0 Å². The molecule has 2 aliphatic heterocycles. The highest BCUT2D eigenvalue weighted by Crippen LogP contribution is 2.24. The molecule has 2 fully saturated rings. The van der Waals surface area contributed by atoms with Gasteiger partial charge in [-0.25, -0.2) is 0 Å². The molecule has 1 N–H and O–H groups in total. The summed E-state index contributed by atoms with van der Waals surface area (Å²) in [7, 11) is 2.07. The first kappa shape index (κ1) is 11.4. The maximum atomic E-state index is 5.44. The zero-order chi connectivity index (χ0) is 10.5. The molecule has 1 unspecified atom stereocenters. The summed E-state index contributed by atoms with van der Waals surface area (Å²) < 4.78 is 5.44. The van der Waals surface area contributed by atoms with Crippen molar-refractivity contribution in [2.24, 2.45) is 0 Å². The van der Waals surface area contributed by atoms with Crippen LogP contribution in [0.2, 0.25) is 0 Å². The van der Waals surface area contributed by atoms with Gasteiger partial charge in [0.2, 0.25) is 0 Å². The van der Waals surface area contributed by atoms with Gasteiger partial charge in [0.25, 0.3) is 0 Å². The highest BCUT2D eigenvalue weighted by Gasteiger charge is 2.29. The van der Waals surface area contributed by atoms with Crippen LogP contribution >= 0.6 is 0 Å². The molecule has 3 heteroatoms. The van der Waals surface area contributed by atoms with Gasteiger partial charge in [-0.05, 0) is 39.3 Å². The predicted molar refractivity (Wildman–Crippen MR) is 62.1 cm³/mol. The lowest BCUT2D eigenvalue weighted by atomic mass is 9.96. The number of rotatable bonds is 3. The zero-order valence-corrected chi connectivity index (χ0v) is 9.87. The van der Waals surface area contributed by atoms with Crippen molar-refractivity contribution in [2.75, 3.05) is 33.4 Å². The predicted octanol–water partition coefficient (Wildman–Crippen LogP) is 1.24. The minimum absolute atomic E-state index is 0.770. The fourth-order valence-corrected chi connectivity index (χ4v) is 2.98. The molecule has 2 heterocycles. The topological polar surface area (TPSA) is 24.5 Å². The van der Waals surface area contributed by atoms with Crippen LogP contribution in [-0.4, -0.2) is 50.3 Å². The molecule has 0 bridgehead atoms. The number of likely N-dealkylation sites (N-methyl/N-ethyl adjacent to an activating group) is 1. The van der Waals surface area contributed by atoms with Crippen LogP contribution in [0.15, 0.2) is 0 Å². The number of nitrogens with one attached hydrogen (secondary N) is 1. The Morgan fingerprint density at radius 2 is 2.00 bits per heavy atom. The monoisotopic (exact) mass is 212 g/mol. The molecule has 15 heavy (non-hydrogen) atoms. The van der Waals surface area contributed by atoms with Crippen LogP contribution in [0.5, 0.6) is 0 Å². The van der Waals surface area contributed by atoms with Gasteiger partial charge in [0.15, 0.2) is 0 Å². The minimum Gasteiger partial charge on any atom is -0.381 e. The molecule has 0 spiro atoms. The van der Waals surface area contributed by atoms with Crippen molar-refractivity contribution in [3.8, 4) is 0 Å². The maximum Gasteiger partial charge on any atom is 0.0480 e. The van der Waals surface area contributed by atoms with Crippen LogP contribution in [0.1, 0.15) is 32.1 Å². The van der Waals surface area contributed by atoms with Gasteiger partial charge >= 0.3 is 0 Å². The van der Waals surface area contributed by atoms with E-state index in [1.165, 1.54) is 38.6 Å². The standard InChI is InChI=1S/C12H24N2O/c1-13-10-12-4-2-3-7-14(12)11-5-8-15-9-6-11/h11-13H,2-10H2,1H3. The summed E-state index contributed by atoms with van der Waals surface area (Å²) in [5.74, 6) is 0. The Balaban J connectivity index is 1.90. The van der Waals surface area contributed by atoms with E-state index in [-0.39, 0.29) is 0 Å². The molecule has 0 aliphatic carbocycles. The molecular formula is C12H24N2O. The van der Waals surface area contributed by atoms with Gasteiger partial charge in [-0.15, -0.1) is 0 Å². The Hall–Kier alpha value is -0.120. The molecule has 88 valence electrons. The molecule has 0 aromatic heterocycles. The van der Waals surface area contributed by atoms with E-state index in [1.807, 2.05) is 0 Å². The average molecular weight is 212 g/mol. The maximum absolute atomic E-state index is 5.44. The number of hydrogen-bond donors (Lipinski definition) is 1. The van der Waals surface area contributed by atoms with Crippen molar-refractivity contribution in [2.45, 2.75) is 44.2 Å². The van der Waals surface area contributed by atoms with Gasteiger partial charge in [-0.1, -0.05) is 6.42 Å². The van der Waals surface area contributed by atoms with Gasteiger partial charge in [0.05, 0.1) is 0 Å². The Bertz CT molecular complexity index is 168. The quantitative estimate of drug-likeness (QED) is 0.762. The van der Waals surface area contributed by atoms with Crippen molar-refractivity contribution in [1.82, 2.24) is 10.2 Å². The summed E-state index contributed by atoms with van der Waals surface area (Å²) in [6.45, 7) is 4.38. The molecule has 2 rings (SSSR count). The van der Waals surface area contributed by atoms with Crippen molar-refractivity contribution < 1.29 is 4.74 Å². The van der Waals surface area contributed by atoms with E-state index in [2.05, 4.69) is 17.3 Å². The number of hydrogen-bond acceptors (Lipinski definition) is 3. The number of nitrogens with zero attached hydrogens (tertiary/aromatic N) is 1. The second kappa shape index (κ2) is 5.83. The molecule has 0 amide bonds. The highest BCUT2D eigenvalue weighted by molar-refractivity contribution is 4.85. The normalized spacial score (nSPS) is 30.6. The fourth-order valence-electron chi connectivity index (χ4n) is 2.98. The van der Waals surface area contributed by atoms with Crippen LogP contribution < -0.4 is 5.32 Å². The summed E-state index contributed by atoms with van der Waals surface area (Å²) in [5.41, 5.74) is 0. The van der Waals surface area contributed by atoms with Gasteiger partial charge in [0, 0.05) is 31.8 Å². The van der Waals surface area contributed by atoms with Gasteiger partial charge < -0.3 is 10.1 Å². The van der Waals surface area contributed by atoms with Crippen molar-refractivity contribution in [3.63, 3.8) is 0 Å². The molecule has 0 aromatic carbocycles. The minimum atomic E-state index is 0.770. The second-order valence-electron chi connectivity index (χ2n) is 4.79. The molecular weight excluding hydrogens is 188 g/mol. The molecule has 2 saturated heterocycles. The van der Waals surface area contributed by atoms with Crippen LogP contribution in [-0.2, 0) is 4.74 Å². The second-order valence-corrected chi connectivity index (χ2v) is 4.79. The Morgan fingerprint density at radius 3 is 2.73 bits per heavy atom. The van der Waals surface area contributed by atoms with Gasteiger partial charge in [-0.3, -0.25) is 4.90 Å². The third-order valence-corrected chi connectivity index (χ3v) is 3.77. The van der Waals surface area contributed by atoms with E-state index in [1.54, 1.807) is 0 Å². The van der Waals surface area contributed by atoms with Crippen LogP contribution in [0, 0.1) is 0 Å². The van der Waals surface area contributed by atoms with Gasteiger partial charge in [-0.2, -0.15) is 0 Å². The first-order chi connectivity index (χ1) is 7.42. The van der Waals surface area contributed by atoms with Crippen molar-refractivity contribution in [1.29, 1.82) is 0 Å². The van der Waals surface area contributed by atoms with Crippen molar-refractivity contribution in [3.05, 3.63) is 0 Å². The van der Waals surface area contributed by atoms with Crippen molar-refractivity contribution >= 4 is 0 Å². The molecule has 1 atom stereocenters. The van der Waals surface area contributed by atoms with E-state index in [0.717, 1.165) is 31.8 Å². The number of ether oxygens (including phenoxy) is 1. The number of piperidine rings is 1. The average Bonchev–Trinajstić information content (AvgIpc) is 2.31. The first-order valence-corrected chi connectivity index (χ1v) is 6.40. The van der Waals surface area contributed by atoms with Crippen LogP contribution in [0.3, 0.4) is 0 Å². The van der Waals surface area contributed by atoms with Crippen LogP contribution in [0.4, 0.5) is 0 Å². The SMILES string of the molecule is CNCC1CCCCN1C1CCOCC1. The smallest absolute Gasteiger partial charge is 0.0480 e. The van der Waals surface area contributed by atoms with Crippen LogP contribution in [0.25, 0.3) is 0 Å². The summed E-state index contributed by atoms with van der Waals surface area (Å²) in [4.78, 5) is 2.74. The first-order valence-electron chi connectivity index (χ1n) is 6.40. The fraction of sp³-hybridized carbons (Fsp3) is 1.00. The lowest BCUT2D eigenvalue weighted by Crippen LogP contribution is -2.51. The molecule has 0 aromatic rings. The largest absolute Gasteiger partial charge is 0.381 e. The Kier molecular flexibility index (Phi) is 4.42. The van der Waals surface area contributed by atoms with E-state index in [0.29, 0.717) is 0 Å². The molecule has 2 aliphatic rings. The molecule has 3 nitrogen and oxygen atoms in total. The highest BCUT2D eigenvalue weighted by atomic mass is 16.5. The summed E-state index contributed by atoms with van der Waals surface area (Å²) in [6.07, 6.45) is 6.64. The third kappa shape index (κ3) is 2.92. The van der Waals surface area contributed by atoms with Gasteiger partial charge in [0.1, 0.15) is 0 Å². The lowest BCUT2D eigenvalue weighted by molar-refractivity contribution is 0.00536. The Morgan fingerprint density at radius 1 is 1.20 bits per heavy atom. The summed E-state index contributed by atoms with van der Waals surface area (Å²) in [6, 6.07) is 1.56. The van der Waals surface area contributed by atoms with E-state index in [9.17, 15) is 0 Å². The van der Waals surface area contributed by atoms with E-state index < -0.39 is 0 Å². The third-order valence-electron chi connectivity index (χ3n) is 3.77. The molecule has 0 saturated carbocycles. The summed E-state index contributed by atoms with van der Waals surface area (Å²) >= 11 is 0. The number of likely N-dealkylation sites (tertiary alicyclic amines) is 1. The zero-order valence-electron chi connectivity index (χ0n) is 9.87. The Labute approximate surface area is 93.2 Å². The summed E-state index contributed by atoms with van der Waals surface area (Å²) in [5, 5.41) is 3.33. The lowest BCUT2D eigenvalue weighted by Gasteiger charge is -2.42.